The second-order valence-electron chi connectivity index (χ2n) is 16.4. The van der Waals surface area contributed by atoms with E-state index >= 15 is 0 Å². The molecule has 0 fully saturated rings. The van der Waals surface area contributed by atoms with E-state index in [2.05, 4.69) is 196 Å². The number of para-hydroxylation sites is 1. The first-order valence-electron chi connectivity index (χ1n) is 22.2. The Hall–Kier alpha value is -7.22. The van der Waals surface area contributed by atoms with Gasteiger partial charge in [-0.05, 0) is 135 Å². The number of rotatable bonds is 4. The molecule has 0 saturated heterocycles. The molecule has 0 radical (unpaired) electrons. The zero-order valence-corrected chi connectivity index (χ0v) is 36.4. The van der Waals surface area contributed by atoms with E-state index in [0.717, 1.165) is 21.9 Å². The summed E-state index contributed by atoms with van der Waals surface area (Å²) in [5.41, 5.74) is 17.0. The molecule has 1 aliphatic rings. The van der Waals surface area contributed by atoms with Crippen LogP contribution in [0.4, 0.5) is 0 Å². The molecule has 0 saturated carbocycles. The third-order valence-corrected chi connectivity index (χ3v) is 12.9. The van der Waals surface area contributed by atoms with Gasteiger partial charge >= 0.3 is 0 Å². The summed E-state index contributed by atoms with van der Waals surface area (Å²) in [5.74, 6) is 0. The van der Waals surface area contributed by atoms with Gasteiger partial charge in [-0.1, -0.05) is 199 Å². The van der Waals surface area contributed by atoms with Gasteiger partial charge in [0.25, 0.3) is 0 Å². The smallest absolute Gasteiger partial charge is 0.135 e. The molecule has 0 bridgehead atoms. The van der Waals surface area contributed by atoms with Crippen molar-refractivity contribution < 1.29 is 4.42 Å². The van der Waals surface area contributed by atoms with E-state index in [9.17, 15) is 0 Å². The summed E-state index contributed by atoms with van der Waals surface area (Å²) in [7, 11) is 0. The molecule has 0 aliphatic heterocycles. The van der Waals surface area contributed by atoms with E-state index in [1.54, 1.807) is 0 Å². The van der Waals surface area contributed by atoms with Crippen molar-refractivity contribution in [1.82, 2.24) is 0 Å². The van der Waals surface area contributed by atoms with E-state index in [0.29, 0.717) is 0 Å². The minimum atomic E-state index is -0.179. The highest BCUT2D eigenvalue weighted by molar-refractivity contribution is 6.21. The number of furan rings is 1. The fraction of sp³-hybridized carbons (Fsp3) is 0.115. The van der Waals surface area contributed by atoms with Crippen molar-refractivity contribution in [2.45, 2.75) is 47.0 Å². The molecule has 1 aliphatic carbocycles. The molecular weight excluding hydrogens is 749 g/mol. The van der Waals surface area contributed by atoms with Crippen LogP contribution in [-0.2, 0) is 5.41 Å². The van der Waals surface area contributed by atoms with Gasteiger partial charge in [-0.25, -0.2) is 0 Å². The Balaban J connectivity index is 0.00000112. The predicted octanol–water partition coefficient (Wildman–Crippen LogP) is 18.1. The highest BCUT2D eigenvalue weighted by Crippen LogP contribution is 2.52. The second-order valence-corrected chi connectivity index (χ2v) is 16.4. The molecule has 1 nitrogen and oxygen atoms in total. The van der Waals surface area contributed by atoms with Crippen molar-refractivity contribution in [3.8, 4) is 55.6 Å². The van der Waals surface area contributed by atoms with E-state index < -0.39 is 0 Å². The topological polar surface area (TPSA) is 13.1 Å². The Bertz CT molecular complexity index is 3410. The Morgan fingerprint density at radius 3 is 1.37 bits per heavy atom. The summed E-state index contributed by atoms with van der Waals surface area (Å²) >= 11 is 0. The van der Waals surface area contributed by atoms with Crippen LogP contribution in [0.1, 0.15) is 52.7 Å². The summed E-state index contributed by atoms with van der Waals surface area (Å²) in [4.78, 5) is 0. The van der Waals surface area contributed by atoms with Crippen LogP contribution in [0.3, 0.4) is 0 Å². The summed E-state index contributed by atoms with van der Waals surface area (Å²) in [6, 6.07) is 71.6. The summed E-state index contributed by atoms with van der Waals surface area (Å²) in [6.45, 7) is 12.8. The standard InChI is InChI=1S/C57H38O.2C2H6/c1-57(2)51-33-41(40-27-30-54-50(32-40)45-13-9-10-18-53(45)58-54)25-28-43(51)44-29-26-42(34-52(44)57)56-48-16-7-5-14-46(48)55(47-15-6-8-17-49(47)56)37-22-19-36(20-23-37)39-24-21-35-11-3-4-12-38(35)31-39;2*1-2/h3-34H,1-2H3;2*1-2H3. The third kappa shape index (κ3) is 6.22. The van der Waals surface area contributed by atoms with Crippen molar-refractivity contribution in [2.24, 2.45) is 0 Å². The van der Waals surface area contributed by atoms with Crippen LogP contribution in [0.25, 0.3) is 110 Å². The first-order valence-corrected chi connectivity index (χ1v) is 22.2. The van der Waals surface area contributed by atoms with E-state index in [1.807, 2.05) is 39.8 Å². The van der Waals surface area contributed by atoms with Gasteiger partial charge in [0.2, 0.25) is 0 Å². The van der Waals surface area contributed by atoms with Crippen LogP contribution in [-0.4, -0.2) is 0 Å². The molecular formula is C61H50O. The predicted molar refractivity (Wildman–Crippen MR) is 268 cm³/mol. The van der Waals surface area contributed by atoms with E-state index in [4.69, 9.17) is 4.42 Å². The van der Waals surface area contributed by atoms with Gasteiger partial charge in [0.05, 0.1) is 0 Å². The molecule has 300 valence electrons. The SMILES string of the molecule is CC.CC.CC1(C)c2cc(-c3ccc4oc5ccccc5c4c3)ccc2-c2ccc(-c3c4ccccc4c(-c4ccc(-c5ccc6ccccc6c5)cc4)c4ccccc34)cc21. The first-order chi connectivity index (χ1) is 30.5. The van der Waals surface area contributed by atoms with Crippen LogP contribution >= 0.6 is 0 Å². The summed E-state index contributed by atoms with van der Waals surface area (Å²) < 4.78 is 6.15. The van der Waals surface area contributed by atoms with E-state index in [1.165, 1.54) is 99.1 Å². The molecule has 1 aromatic heterocycles. The highest BCUT2D eigenvalue weighted by Gasteiger charge is 2.36. The Morgan fingerprint density at radius 2 is 0.726 bits per heavy atom. The fourth-order valence-corrected chi connectivity index (χ4v) is 9.93. The van der Waals surface area contributed by atoms with Gasteiger partial charge in [0.15, 0.2) is 0 Å². The lowest BCUT2D eigenvalue weighted by Gasteiger charge is -2.23. The molecule has 0 N–H and O–H groups in total. The van der Waals surface area contributed by atoms with Crippen molar-refractivity contribution in [3.63, 3.8) is 0 Å². The van der Waals surface area contributed by atoms with Crippen molar-refractivity contribution in [2.75, 3.05) is 0 Å². The minimum Gasteiger partial charge on any atom is -0.456 e. The molecule has 1 heteroatoms. The largest absolute Gasteiger partial charge is 0.456 e. The molecule has 62 heavy (non-hydrogen) atoms. The summed E-state index contributed by atoms with van der Waals surface area (Å²) in [6.07, 6.45) is 0. The van der Waals surface area contributed by atoms with Crippen molar-refractivity contribution in [1.29, 1.82) is 0 Å². The fourth-order valence-electron chi connectivity index (χ4n) is 9.93. The molecule has 11 aromatic rings. The summed E-state index contributed by atoms with van der Waals surface area (Å²) in [5, 5.41) is 9.92. The third-order valence-electron chi connectivity index (χ3n) is 12.9. The van der Waals surface area contributed by atoms with Gasteiger partial charge in [0.1, 0.15) is 11.2 Å². The number of hydrogen-bond donors (Lipinski definition) is 0. The molecule has 0 amide bonds. The monoisotopic (exact) mass is 798 g/mol. The maximum Gasteiger partial charge on any atom is 0.135 e. The van der Waals surface area contributed by atoms with Crippen LogP contribution in [0, 0.1) is 0 Å². The number of benzene rings is 10. The average Bonchev–Trinajstić information content (AvgIpc) is 3.82. The van der Waals surface area contributed by atoms with Crippen molar-refractivity contribution in [3.05, 3.63) is 205 Å². The normalized spacial score (nSPS) is 12.5. The highest BCUT2D eigenvalue weighted by atomic mass is 16.3. The van der Waals surface area contributed by atoms with Crippen LogP contribution < -0.4 is 0 Å². The van der Waals surface area contributed by atoms with Gasteiger partial charge in [0, 0.05) is 16.2 Å². The first kappa shape index (κ1) is 38.9. The molecule has 0 atom stereocenters. The maximum atomic E-state index is 6.15. The molecule has 12 rings (SSSR count). The van der Waals surface area contributed by atoms with Crippen molar-refractivity contribution >= 4 is 54.3 Å². The Kier molecular flexibility index (Phi) is 9.84. The minimum absolute atomic E-state index is 0.179. The quantitative estimate of drug-likeness (QED) is 0.162. The number of hydrogen-bond acceptors (Lipinski definition) is 1. The van der Waals surface area contributed by atoms with Gasteiger partial charge in [-0.3, -0.25) is 0 Å². The lowest BCUT2D eigenvalue weighted by Crippen LogP contribution is -2.15. The molecule has 0 spiro atoms. The van der Waals surface area contributed by atoms with Crippen LogP contribution in [0.5, 0.6) is 0 Å². The Morgan fingerprint density at radius 1 is 0.306 bits per heavy atom. The second kappa shape index (κ2) is 15.7. The van der Waals surface area contributed by atoms with Crippen LogP contribution in [0.15, 0.2) is 199 Å². The zero-order valence-electron chi connectivity index (χ0n) is 36.4. The maximum absolute atomic E-state index is 6.15. The zero-order chi connectivity index (χ0) is 42.5. The van der Waals surface area contributed by atoms with Gasteiger partial charge in [-0.2, -0.15) is 0 Å². The Labute approximate surface area is 364 Å². The van der Waals surface area contributed by atoms with Crippen LogP contribution in [0.2, 0.25) is 0 Å². The van der Waals surface area contributed by atoms with E-state index in [-0.39, 0.29) is 5.41 Å². The van der Waals surface area contributed by atoms with Gasteiger partial charge < -0.3 is 4.42 Å². The lowest BCUT2D eigenvalue weighted by atomic mass is 9.80. The molecule has 10 aromatic carbocycles. The molecule has 1 heterocycles. The lowest BCUT2D eigenvalue weighted by molar-refractivity contribution is 0.661. The van der Waals surface area contributed by atoms with Gasteiger partial charge in [-0.15, -0.1) is 0 Å². The average molecular weight is 799 g/mol. The molecule has 0 unspecified atom stereocenters. The number of fused-ring (bicyclic) bond motifs is 9.